The zero-order valence-electron chi connectivity index (χ0n) is 15.6. The molecule has 1 aromatic carbocycles. The lowest BCUT2D eigenvalue weighted by molar-refractivity contribution is 0.392. The molecule has 0 aliphatic carbocycles. The van der Waals surface area contributed by atoms with Gasteiger partial charge in [0.1, 0.15) is 11.6 Å². The summed E-state index contributed by atoms with van der Waals surface area (Å²) in [6.45, 7) is 9.38. The number of benzene rings is 1. The topological polar surface area (TPSA) is 62.5 Å². The van der Waals surface area contributed by atoms with Crippen molar-refractivity contribution in [3.63, 3.8) is 0 Å². The summed E-state index contributed by atoms with van der Waals surface area (Å²) in [5.74, 6) is 1.36. The van der Waals surface area contributed by atoms with E-state index in [4.69, 9.17) is 4.52 Å². The van der Waals surface area contributed by atoms with Gasteiger partial charge in [0.2, 0.25) is 0 Å². The number of aliphatic imine (C=N–C) groups is 1. The summed E-state index contributed by atoms with van der Waals surface area (Å²) in [6, 6.07) is 6.72. The van der Waals surface area contributed by atoms with Crippen LogP contribution in [0.15, 0.2) is 33.8 Å². The third kappa shape index (κ3) is 5.05. The molecule has 0 atom stereocenters. The second-order valence-corrected chi connectivity index (χ2v) is 6.80. The van der Waals surface area contributed by atoms with Gasteiger partial charge in [0, 0.05) is 31.1 Å². The van der Waals surface area contributed by atoms with Gasteiger partial charge in [-0.25, -0.2) is 4.39 Å². The Kier molecular flexibility index (Phi) is 6.17. The Bertz CT molecular complexity index is 717. The van der Waals surface area contributed by atoms with Crippen molar-refractivity contribution in [1.29, 1.82) is 0 Å². The number of nitrogens with zero attached hydrogens (tertiary/aromatic N) is 2. The van der Waals surface area contributed by atoms with Crippen molar-refractivity contribution < 1.29 is 8.91 Å². The highest BCUT2D eigenvalue weighted by Gasteiger charge is 2.21. The minimum Gasteiger partial charge on any atom is -0.361 e. The van der Waals surface area contributed by atoms with Crippen LogP contribution in [0.25, 0.3) is 0 Å². The van der Waals surface area contributed by atoms with E-state index in [1.54, 1.807) is 19.2 Å². The van der Waals surface area contributed by atoms with Crippen LogP contribution >= 0.6 is 0 Å². The molecule has 0 spiro atoms. The fourth-order valence-electron chi connectivity index (χ4n) is 2.70. The summed E-state index contributed by atoms with van der Waals surface area (Å²) in [7, 11) is 1.74. The second kappa shape index (κ2) is 8.14. The summed E-state index contributed by atoms with van der Waals surface area (Å²) in [5.41, 5.74) is 2.78. The van der Waals surface area contributed by atoms with Crippen LogP contribution in [0.1, 0.15) is 36.4 Å². The lowest BCUT2D eigenvalue weighted by atomic mass is 9.84. The predicted octanol–water partition coefficient (Wildman–Crippen LogP) is 3.12. The van der Waals surface area contributed by atoms with Gasteiger partial charge in [-0.1, -0.05) is 31.1 Å². The summed E-state index contributed by atoms with van der Waals surface area (Å²) < 4.78 is 18.6. The minimum atomic E-state index is -0.221. The van der Waals surface area contributed by atoms with Crippen LogP contribution in [-0.4, -0.2) is 31.3 Å². The number of aryl methyl sites for hydroxylation is 2. The second-order valence-electron chi connectivity index (χ2n) is 6.80. The van der Waals surface area contributed by atoms with E-state index in [2.05, 4.69) is 34.6 Å². The Balaban J connectivity index is 1.87. The van der Waals surface area contributed by atoms with Gasteiger partial charge < -0.3 is 15.2 Å². The first kappa shape index (κ1) is 19.0. The molecule has 136 valence electrons. The summed E-state index contributed by atoms with van der Waals surface area (Å²) >= 11 is 0. The van der Waals surface area contributed by atoms with Crippen molar-refractivity contribution in [1.82, 2.24) is 15.8 Å². The van der Waals surface area contributed by atoms with E-state index in [1.807, 2.05) is 19.9 Å². The molecule has 0 unspecified atom stereocenters. The first-order chi connectivity index (χ1) is 11.8. The molecule has 2 N–H and O–H groups in total. The highest BCUT2D eigenvalue weighted by Crippen LogP contribution is 2.22. The van der Waals surface area contributed by atoms with Crippen LogP contribution in [0.5, 0.6) is 0 Å². The monoisotopic (exact) mass is 346 g/mol. The average molecular weight is 346 g/mol. The van der Waals surface area contributed by atoms with E-state index < -0.39 is 0 Å². The zero-order chi connectivity index (χ0) is 18.4. The van der Waals surface area contributed by atoms with E-state index in [0.29, 0.717) is 6.54 Å². The summed E-state index contributed by atoms with van der Waals surface area (Å²) in [5, 5.41) is 10.6. The summed E-state index contributed by atoms with van der Waals surface area (Å²) in [4.78, 5) is 4.25. The Morgan fingerprint density at radius 2 is 2.04 bits per heavy atom. The van der Waals surface area contributed by atoms with E-state index >= 15 is 0 Å². The Morgan fingerprint density at radius 1 is 1.28 bits per heavy atom. The average Bonchev–Trinajstić information content (AvgIpc) is 2.89. The fraction of sp³-hybridized carbons (Fsp3) is 0.474. The van der Waals surface area contributed by atoms with Crippen LogP contribution in [0.2, 0.25) is 0 Å². The van der Waals surface area contributed by atoms with Gasteiger partial charge >= 0.3 is 0 Å². The van der Waals surface area contributed by atoms with Gasteiger partial charge in [-0.2, -0.15) is 0 Å². The van der Waals surface area contributed by atoms with E-state index in [-0.39, 0.29) is 11.2 Å². The lowest BCUT2D eigenvalue weighted by Crippen LogP contribution is -2.44. The van der Waals surface area contributed by atoms with Gasteiger partial charge in [0.05, 0.1) is 5.69 Å². The molecule has 0 saturated heterocycles. The molecular weight excluding hydrogens is 319 g/mol. The van der Waals surface area contributed by atoms with Crippen molar-refractivity contribution in [3.8, 4) is 0 Å². The quantitative estimate of drug-likeness (QED) is 0.623. The molecule has 0 amide bonds. The lowest BCUT2D eigenvalue weighted by Gasteiger charge is -2.26. The van der Waals surface area contributed by atoms with Gasteiger partial charge in [-0.15, -0.1) is 0 Å². The van der Waals surface area contributed by atoms with Crippen LogP contribution in [0.4, 0.5) is 4.39 Å². The molecule has 0 radical (unpaired) electrons. The maximum Gasteiger partial charge on any atom is 0.191 e. The van der Waals surface area contributed by atoms with Crippen LogP contribution in [0, 0.1) is 19.7 Å². The number of hydrogen-bond donors (Lipinski definition) is 2. The molecule has 1 heterocycles. The smallest absolute Gasteiger partial charge is 0.191 e. The molecule has 0 aliphatic heterocycles. The molecule has 0 fully saturated rings. The fourth-order valence-corrected chi connectivity index (χ4v) is 2.70. The highest BCUT2D eigenvalue weighted by atomic mass is 19.1. The van der Waals surface area contributed by atoms with Crippen LogP contribution in [-0.2, 0) is 11.8 Å². The van der Waals surface area contributed by atoms with Crippen molar-refractivity contribution in [2.75, 3.05) is 20.1 Å². The highest BCUT2D eigenvalue weighted by molar-refractivity contribution is 5.79. The van der Waals surface area contributed by atoms with Gasteiger partial charge in [0.25, 0.3) is 0 Å². The van der Waals surface area contributed by atoms with Crippen molar-refractivity contribution in [3.05, 3.63) is 52.7 Å². The Hall–Kier alpha value is -2.37. The number of aromatic nitrogens is 1. The molecule has 25 heavy (non-hydrogen) atoms. The molecule has 6 heteroatoms. The van der Waals surface area contributed by atoms with Crippen molar-refractivity contribution in [2.24, 2.45) is 4.99 Å². The first-order valence-electron chi connectivity index (χ1n) is 8.46. The molecule has 2 rings (SSSR count). The van der Waals surface area contributed by atoms with Gasteiger partial charge in [-0.3, -0.25) is 4.99 Å². The number of guanidine groups is 1. The standard InChI is InChI=1S/C19H27FN4O/c1-13-17(14(2)25-24-13)9-10-22-18(21-5)23-12-19(3,4)15-7-6-8-16(20)11-15/h6-8,11H,9-10,12H2,1-5H3,(H2,21,22,23). The summed E-state index contributed by atoms with van der Waals surface area (Å²) in [6.07, 6.45) is 0.815. The largest absolute Gasteiger partial charge is 0.361 e. The van der Waals surface area contributed by atoms with Crippen LogP contribution < -0.4 is 10.6 Å². The number of rotatable bonds is 6. The van der Waals surface area contributed by atoms with Gasteiger partial charge in [0.15, 0.2) is 5.96 Å². The molecular formula is C19H27FN4O. The molecule has 1 aromatic heterocycles. The third-order valence-electron chi connectivity index (χ3n) is 4.38. The van der Waals surface area contributed by atoms with E-state index in [0.717, 1.165) is 41.5 Å². The number of halogens is 1. The van der Waals surface area contributed by atoms with E-state index in [1.165, 1.54) is 6.07 Å². The Labute approximate surface area is 148 Å². The molecule has 0 bridgehead atoms. The maximum atomic E-state index is 13.5. The normalized spacial score (nSPS) is 12.3. The SMILES string of the molecule is CN=C(NCCc1c(C)noc1C)NCC(C)(C)c1cccc(F)c1. The van der Waals surface area contributed by atoms with Crippen LogP contribution in [0.3, 0.4) is 0 Å². The number of hydrogen-bond acceptors (Lipinski definition) is 3. The number of nitrogens with one attached hydrogen (secondary N) is 2. The predicted molar refractivity (Wildman–Crippen MR) is 98.5 cm³/mol. The molecule has 0 saturated carbocycles. The molecule has 5 nitrogen and oxygen atoms in total. The zero-order valence-corrected chi connectivity index (χ0v) is 15.6. The Morgan fingerprint density at radius 3 is 2.64 bits per heavy atom. The maximum absolute atomic E-state index is 13.5. The third-order valence-corrected chi connectivity index (χ3v) is 4.38. The van der Waals surface area contributed by atoms with Crippen molar-refractivity contribution >= 4 is 5.96 Å². The van der Waals surface area contributed by atoms with E-state index in [9.17, 15) is 4.39 Å². The van der Waals surface area contributed by atoms with Crippen molar-refractivity contribution in [2.45, 2.75) is 39.5 Å². The first-order valence-corrected chi connectivity index (χ1v) is 8.46. The molecule has 2 aromatic rings. The molecule has 0 aliphatic rings. The van der Waals surface area contributed by atoms with Gasteiger partial charge in [-0.05, 0) is 38.0 Å². The minimum absolute atomic E-state index is 0.215.